The van der Waals surface area contributed by atoms with Gasteiger partial charge in [0.15, 0.2) is 5.96 Å². The van der Waals surface area contributed by atoms with Gasteiger partial charge in [0.05, 0.1) is 32.9 Å². The van der Waals surface area contributed by atoms with E-state index in [2.05, 4.69) is 34.6 Å². The monoisotopic (exact) mass is 556 g/mol. The average Bonchev–Trinajstić information content (AvgIpc) is 2.81. The zero-order valence-electron chi connectivity index (χ0n) is 18.9. The quantitative estimate of drug-likeness (QED) is 0.281. The van der Waals surface area contributed by atoms with Crippen molar-refractivity contribution in [1.29, 1.82) is 0 Å². The number of ether oxygens (including phenoxy) is 2. The number of rotatable bonds is 9. The van der Waals surface area contributed by atoms with Gasteiger partial charge in [-0.3, -0.25) is 9.89 Å². The van der Waals surface area contributed by atoms with Crippen molar-refractivity contribution in [2.45, 2.75) is 19.4 Å². The molecule has 0 amide bonds. The van der Waals surface area contributed by atoms with Crippen LogP contribution in [-0.4, -0.2) is 63.9 Å². The van der Waals surface area contributed by atoms with Crippen molar-refractivity contribution in [2.75, 3.05) is 53.0 Å². The van der Waals surface area contributed by atoms with E-state index in [-0.39, 0.29) is 35.8 Å². The second kappa shape index (κ2) is 14.3. The third-order valence-electron chi connectivity index (χ3n) is 5.37. The molecule has 0 bridgehead atoms. The SMILES string of the molecule is CCNC(=NCC(c1ccc(OC)cc1)N1CCOCC1)NCCc1ccc(F)cc1.I. The number of hydrogen-bond donors (Lipinski definition) is 2. The fourth-order valence-corrected chi connectivity index (χ4v) is 3.64. The minimum absolute atomic E-state index is 0. The van der Waals surface area contributed by atoms with Crippen molar-refractivity contribution in [3.8, 4) is 5.75 Å². The number of benzene rings is 2. The van der Waals surface area contributed by atoms with Crippen molar-refractivity contribution in [3.05, 3.63) is 65.5 Å². The van der Waals surface area contributed by atoms with Crippen molar-refractivity contribution in [3.63, 3.8) is 0 Å². The summed E-state index contributed by atoms with van der Waals surface area (Å²) in [6.45, 7) is 7.47. The van der Waals surface area contributed by atoms with E-state index in [1.807, 2.05) is 24.3 Å². The molecular formula is C24H34FIN4O2. The molecule has 176 valence electrons. The highest BCUT2D eigenvalue weighted by Crippen LogP contribution is 2.24. The minimum atomic E-state index is -0.209. The first-order valence-electron chi connectivity index (χ1n) is 10.9. The third kappa shape index (κ3) is 8.22. The number of halogens is 2. The van der Waals surface area contributed by atoms with Crippen molar-refractivity contribution < 1.29 is 13.9 Å². The lowest BCUT2D eigenvalue weighted by Gasteiger charge is -2.34. The van der Waals surface area contributed by atoms with Crippen LogP contribution in [0.5, 0.6) is 5.75 Å². The van der Waals surface area contributed by atoms with Gasteiger partial charge in [-0.15, -0.1) is 24.0 Å². The smallest absolute Gasteiger partial charge is 0.191 e. The molecule has 1 unspecified atom stereocenters. The van der Waals surface area contributed by atoms with Gasteiger partial charge in [-0.2, -0.15) is 0 Å². The predicted octanol–water partition coefficient (Wildman–Crippen LogP) is 3.62. The number of methoxy groups -OCH3 is 1. The summed E-state index contributed by atoms with van der Waals surface area (Å²) < 4.78 is 23.9. The van der Waals surface area contributed by atoms with Crippen LogP contribution in [0.25, 0.3) is 0 Å². The Labute approximate surface area is 207 Å². The fourth-order valence-electron chi connectivity index (χ4n) is 3.64. The summed E-state index contributed by atoms with van der Waals surface area (Å²) in [4.78, 5) is 7.30. The van der Waals surface area contributed by atoms with Crippen LogP contribution in [0.2, 0.25) is 0 Å². The maximum atomic E-state index is 13.1. The van der Waals surface area contributed by atoms with Crippen LogP contribution >= 0.6 is 24.0 Å². The summed E-state index contributed by atoms with van der Waals surface area (Å²) in [5.74, 6) is 1.43. The van der Waals surface area contributed by atoms with Gasteiger partial charge >= 0.3 is 0 Å². The van der Waals surface area contributed by atoms with Gasteiger partial charge in [0.25, 0.3) is 0 Å². The van der Waals surface area contributed by atoms with Gasteiger partial charge in [-0.25, -0.2) is 4.39 Å². The van der Waals surface area contributed by atoms with Crippen LogP contribution < -0.4 is 15.4 Å². The van der Waals surface area contributed by atoms with Crippen molar-refractivity contribution in [1.82, 2.24) is 15.5 Å². The molecule has 1 saturated heterocycles. The number of hydrogen-bond acceptors (Lipinski definition) is 4. The second-order valence-corrected chi connectivity index (χ2v) is 7.46. The van der Waals surface area contributed by atoms with Gasteiger partial charge < -0.3 is 20.1 Å². The normalized spacial score (nSPS) is 15.5. The van der Waals surface area contributed by atoms with E-state index in [0.717, 1.165) is 63.1 Å². The molecule has 8 heteroatoms. The molecule has 1 aliphatic rings. The molecule has 0 radical (unpaired) electrons. The van der Waals surface area contributed by atoms with Gasteiger partial charge in [0.2, 0.25) is 0 Å². The van der Waals surface area contributed by atoms with E-state index >= 15 is 0 Å². The molecule has 2 aromatic carbocycles. The summed E-state index contributed by atoms with van der Waals surface area (Å²) >= 11 is 0. The molecule has 1 fully saturated rings. The van der Waals surface area contributed by atoms with Crippen LogP contribution in [0.3, 0.4) is 0 Å². The lowest BCUT2D eigenvalue weighted by molar-refractivity contribution is 0.0179. The molecule has 1 heterocycles. The predicted molar refractivity (Wildman–Crippen MR) is 138 cm³/mol. The number of nitrogens with one attached hydrogen (secondary N) is 2. The fraction of sp³-hybridized carbons (Fsp3) is 0.458. The van der Waals surface area contributed by atoms with Gasteiger partial charge in [-0.05, 0) is 48.7 Å². The Balaban J connectivity index is 0.00000363. The summed E-state index contributed by atoms with van der Waals surface area (Å²) in [6.07, 6.45) is 0.802. The molecule has 0 saturated carbocycles. The summed E-state index contributed by atoms with van der Waals surface area (Å²) in [5.41, 5.74) is 2.31. The first kappa shape index (κ1) is 26.3. The van der Waals surface area contributed by atoms with E-state index in [4.69, 9.17) is 14.5 Å². The van der Waals surface area contributed by atoms with E-state index in [9.17, 15) is 4.39 Å². The molecule has 0 aromatic heterocycles. The largest absolute Gasteiger partial charge is 0.497 e. The summed E-state index contributed by atoms with van der Waals surface area (Å²) in [5, 5.41) is 6.72. The van der Waals surface area contributed by atoms with E-state index in [1.54, 1.807) is 7.11 Å². The van der Waals surface area contributed by atoms with Crippen molar-refractivity contribution >= 4 is 29.9 Å². The van der Waals surface area contributed by atoms with E-state index in [0.29, 0.717) is 6.54 Å². The molecule has 6 nitrogen and oxygen atoms in total. The second-order valence-electron chi connectivity index (χ2n) is 7.46. The number of guanidine groups is 1. The zero-order chi connectivity index (χ0) is 21.9. The van der Waals surface area contributed by atoms with E-state index < -0.39 is 0 Å². The zero-order valence-corrected chi connectivity index (χ0v) is 21.2. The topological polar surface area (TPSA) is 58.1 Å². The first-order valence-corrected chi connectivity index (χ1v) is 10.9. The number of aliphatic imine (C=N–C) groups is 1. The third-order valence-corrected chi connectivity index (χ3v) is 5.37. The Morgan fingerprint density at radius 2 is 1.78 bits per heavy atom. The Kier molecular flexibility index (Phi) is 11.8. The van der Waals surface area contributed by atoms with Crippen LogP contribution in [0.1, 0.15) is 24.1 Å². The first-order chi connectivity index (χ1) is 15.2. The van der Waals surface area contributed by atoms with Crippen LogP contribution in [0, 0.1) is 5.82 Å². The van der Waals surface area contributed by atoms with Crippen molar-refractivity contribution in [2.24, 2.45) is 4.99 Å². The van der Waals surface area contributed by atoms with E-state index in [1.165, 1.54) is 17.7 Å². The summed E-state index contributed by atoms with van der Waals surface area (Å²) in [7, 11) is 1.68. The lowest BCUT2D eigenvalue weighted by atomic mass is 10.0. The molecule has 2 N–H and O–H groups in total. The molecule has 3 rings (SSSR count). The van der Waals surface area contributed by atoms with Crippen LogP contribution in [-0.2, 0) is 11.2 Å². The highest BCUT2D eigenvalue weighted by molar-refractivity contribution is 14.0. The molecule has 32 heavy (non-hydrogen) atoms. The molecule has 0 spiro atoms. The average molecular weight is 556 g/mol. The minimum Gasteiger partial charge on any atom is -0.497 e. The maximum Gasteiger partial charge on any atom is 0.191 e. The molecule has 2 aromatic rings. The van der Waals surface area contributed by atoms with Gasteiger partial charge in [0, 0.05) is 26.2 Å². The Hall–Kier alpha value is -1.91. The Morgan fingerprint density at radius 3 is 2.41 bits per heavy atom. The Bertz CT molecular complexity index is 812. The highest BCUT2D eigenvalue weighted by atomic mass is 127. The molecule has 1 aliphatic heterocycles. The maximum absolute atomic E-state index is 13.1. The van der Waals surface area contributed by atoms with Gasteiger partial charge in [0.1, 0.15) is 11.6 Å². The standard InChI is InChI=1S/C24H33FN4O2.HI/c1-3-26-24(27-13-12-19-4-8-21(25)9-5-19)28-18-23(29-14-16-31-17-15-29)20-6-10-22(30-2)11-7-20;/h4-11,23H,3,12-18H2,1-2H3,(H2,26,27,28);1H. The lowest BCUT2D eigenvalue weighted by Crippen LogP contribution is -2.42. The molecule has 1 atom stereocenters. The molecule has 0 aliphatic carbocycles. The Morgan fingerprint density at radius 1 is 1.09 bits per heavy atom. The number of morpholine rings is 1. The van der Waals surface area contributed by atoms with Crippen LogP contribution in [0.4, 0.5) is 4.39 Å². The highest BCUT2D eigenvalue weighted by Gasteiger charge is 2.22. The van der Waals surface area contributed by atoms with Crippen LogP contribution in [0.15, 0.2) is 53.5 Å². The molecular weight excluding hydrogens is 522 g/mol. The summed E-state index contributed by atoms with van der Waals surface area (Å²) in [6, 6.07) is 15.0. The number of nitrogens with zero attached hydrogens (tertiary/aromatic N) is 2. The van der Waals surface area contributed by atoms with Gasteiger partial charge in [-0.1, -0.05) is 24.3 Å².